The van der Waals surface area contributed by atoms with Crippen LogP contribution in [-0.4, -0.2) is 27.7 Å². The maximum absolute atomic E-state index is 4.94. The molecule has 0 atom stereocenters. The van der Waals surface area contributed by atoms with Crippen molar-refractivity contribution < 1.29 is 0 Å². The monoisotopic (exact) mass is 320 g/mol. The Morgan fingerprint density at radius 2 is 1.75 bits per heavy atom. The zero-order valence-corrected chi connectivity index (χ0v) is 14.4. The molecule has 1 aliphatic rings. The quantitative estimate of drug-likeness (QED) is 0.712. The van der Waals surface area contributed by atoms with Crippen molar-refractivity contribution in [2.24, 2.45) is 0 Å². The van der Waals surface area contributed by atoms with E-state index in [2.05, 4.69) is 54.2 Å². The maximum Gasteiger partial charge on any atom is 0.165 e. The maximum atomic E-state index is 4.94. The summed E-state index contributed by atoms with van der Waals surface area (Å²) in [6, 6.07) is 12.7. The fourth-order valence-corrected chi connectivity index (χ4v) is 3.43. The molecule has 0 unspecified atom stereocenters. The van der Waals surface area contributed by atoms with E-state index in [0.717, 1.165) is 30.0 Å². The van der Waals surface area contributed by atoms with Crippen molar-refractivity contribution in [3.05, 3.63) is 48.3 Å². The molecule has 4 heteroatoms. The van der Waals surface area contributed by atoms with Crippen LogP contribution < -0.4 is 4.90 Å². The highest BCUT2D eigenvalue weighted by atomic mass is 15.3. The molecule has 0 spiro atoms. The Labute approximate surface area is 143 Å². The van der Waals surface area contributed by atoms with Gasteiger partial charge >= 0.3 is 0 Å². The van der Waals surface area contributed by atoms with Crippen molar-refractivity contribution in [1.29, 1.82) is 0 Å². The van der Waals surface area contributed by atoms with Crippen LogP contribution in [0.15, 0.2) is 42.6 Å². The van der Waals surface area contributed by atoms with Gasteiger partial charge < -0.3 is 4.90 Å². The molecule has 0 saturated carbocycles. The number of rotatable bonds is 3. The van der Waals surface area contributed by atoms with Gasteiger partial charge in [-0.3, -0.25) is 0 Å². The van der Waals surface area contributed by atoms with E-state index < -0.39 is 0 Å². The highest BCUT2D eigenvalue weighted by Gasteiger charge is 2.19. The first-order valence-electron chi connectivity index (χ1n) is 8.93. The van der Waals surface area contributed by atoms with Gasteiger partial charge in [-0.25, -0.2) is 4.98 Å². The Hall–Kier alpha value is -2.36. The Kier molecular flexibility index (Phi) is 3.97. The van der Waals surface area contributed by atoms with Gasteiger partial charge in [0.1, 0.15) is 5.82 Å². The van der Waals surface area contributed by atoms with E-state index in [1.54, 1.807) is 0 Å². The van der Waals surface area contributed by atoms with Crippen LogP contribution in [0.1, 0.15) is 44.7 Å². The SMILES string of the molecule is CC(C)c1cc(N2CCCCC2)n2ncc(-c3ccccc3)c2n1. The van der Waals surface area contributed by atoms with Gasteiger partial charge in [0.25, 0.3) is 0 Å². The third kappa shape index (κ3) is 2.66. The Balaban J connectivity index is 1.90. The standard InChI is InChI=1S/C20H24N4/c1-15(2)18-13-19(23-11-7-4-8-12-23)24-20(22-18)17(14-21-24)16-9-5-3-6-10-16/h3,5-6,9-10,13-15H,4,7-8,11-12H2,1-2H3. The minimum atomic E-state index is 0.400. The molecule has 124 valence electrons. The van der Waals surface area contributed by atoms with Gasteiger partial charge in [0.2, 0.25) is 0 Å². The molecule has 1 aromatic carbocycles. The van der Waals surface area contributed by atoms with Crippen LogP contribution in [0, 0.1) is 0 Å². The first-order valence-corrected chi connectivity index (χ1v) is 8.93. The van der Waals surface area contributed by atoms with Crippen LogP contribution in [0.5, 0.6) is 0 Å². The van der Waals surface area contributed by atoms with Crippen LogP contribution >= 0.6 is 0 Å². The fraction of sp³-hybridized carbons (Fsp3) is 0.400. The van der Waals surface area contributed by atoms with Crippen molar-refractivity contribution in [3.63, 3.8) is 0 Å². The Morgan fingerprint density at radius 3 is 2.46 bits per heavy atom. The second kappa shape index (κ2) is 6.27. The van der Waals surface area contributed by atoms with Crippen molar-refractivity contribution >= 4 is 11.5 Å². The Morgan fingerprint density at radius 1 is 1.00 bits per heavy atom. The molecule has 0 N–H and O–H groups in total. The zero-order chi connectivity index (χ0) is 16.5. The molecule has 1 aliphatic heterocycles. The Bertz CT molecular complexity index is 829. The smallest absolute Gasteiger partial charge is 0.165 e. The summed E-state index contributed by atoms with van der Waals surface area (Å²) in [7, 11) is 0. The molecule has 3 heterocycles. The number of hydrogen-bond acceptors (Lipinski definition) is 3. The van der Waals surface area contributed by atoms with Gasteiger partial charge in [0.15, 0.2) is 5.65 Å². The van der Waals surface area contributed by atoms with E-state index in [1.807, 2.05) is 16.8 Å². The van der Waals surface area contributed by atoms with Gasteiger partial charge in [-0.15, -0.1) is 0 Å². The summed E-state index contributed by atoms with van der Waals surface area (Å²) in [5, 5.41) is 4.68. The third-order valence-corrected chi connectivity index (χ3v) is 4.83. The predicted molar refractivity (Wildman–Crippen MR) is 98.6 cm³/mol. The van der Waals surface area contributed by atoms with E-state index >= 15 is 0 Å². The number of aromatic nitrogens is 3. The molecule has 3 aromatic rings. The van der Waals surface area contributed by atoms with Crippen LogP contribution in [0.25, 0.3) is 16.8 Å². The average Bonchev–Trinajstić information content (AvgIpc) is 3.06. The molecular weight excluding hydrogens is 296 g/mol. The van der Waals surface area contributed by atoms with Crippen LogP contribution in [-0.2, 0) is 0 Å². The minimum absolute atomic E-state index is 0.400. The molecule has 1 saturated heterocycles. The lowest BCUT2D eigenvalue weighted by atomic mass is 10.1. The van der Waals surface area contributed by atoms with Gasteiger partial charge in [-0.05, 0) is 30.7 Å². The lowest BCUT2D eigenvalue weighted by molar-refractivity contribution is 0.567. The summed E-state index contributed by atoms with van der Waals surface area (Å²) in [5.41, 5.74) is 4.38. The summed E-state index contributed by atoms with van der Waals surface area (Å²) in [6.07, 6.45) is 5.80. The molecule has 2 aromatic heterocycles. The van der Waals surface area contributed by atoms with E-state index in [-0.39, 0.29) is 0 Å². The summed E-state index contributed by atoms with van der Waals surface area (Å²) in [5.74, 6) is 1.59. The lowest BCUT2D eigenvalue weighted by Gasteiger charge is -2.29. The first kappa shape index (κ1) is 15.2. The van der Waals surface area contributed by atoms with Crippen molar-refractivity contribution in [2.75, 3.05) is 18.0 Å². The van der Waals surface area contributed by atoms with Crippen molar-refractivity contribution in [2.45, 2.75) is 39.0 Å². The molecule has 0 bridgehead atoms. The molecule has 4 rings (SSSR count). The number of anilines is 1. The van der Waals surface area contributed by atoms with E-state index in [1.165, 1.54) is 30.6 Å². The van der Waals surface area contributed by atoms with Crippen molar-refractivity contribution in [1.82, 2.24) is 14.6 Å². The highest BCUT2D eigenvalue weighted by molar-refractivity contribution is 5.78. The minimum Gasteiger partial charge on any atom is -0.356 e. The molecule has 4 nitrogen and oxygen atoms in total. The largest absolute Gasteiger partial charge is 0.356 e. The number of nitrogens with zero attached hydrogens (tertiary/aromatic N) is 4. The zero-order valence-electron chi connectivity index (χ0n) is 14.4. The van der Waals surface area contributed by atoms with Gasteiger partial charge in [0, 0.05) is 30.4 Å². The molecule has 1 fully saturated rings. The lowest BCUT2D eigenvalue weighted by Crippen LogP contribution is -2.31. The van der Waals surface area contributed by atoms with Gasteiger partial charge in [0.05, 0.1) is 6.20 Å². The second-order valence-corrected chi connectivity index (χ2v) is 6.90. The predicted octanol–water partition coefficient (Wildman–Crippen LogP) is 4.51. The summed E-state index contributed by atoms with van der Waals surface area (Å²) in [6.45, 7) is 6.63. The third-order valence-electron chi connectivity index (χ3n) is 4.83. The van der Waals surface area contributed by atoms with Crippen molar-refractivity contribution in [3.8, 4) is 11.1 Å². The van der Waals surface area contributed by atoms with Gasteiger partial charge in [-0.1, -0.05) is 44.2 Å². The van der Waals surface area contributed by atoms with Crippen LogP contribution in [0.3, 0.4) is 0 Å². The topological polar surface area (TPSA) is 33.4 Å². The number of fused-ring (bicyclic) bond motifs is 1. The molecule has 0 amide bonds. The average molecular weight is 320 g/mol. The molecular formula is C20H24N4. The summed E-state index contributed by atoms with van der Waals surface area (Å²) in [4.78, 5) is 7.40. The normalized spacial score (nSPS) is 15.4. The summed E-state index contributed by atoms with van der Waals surface area (Å²) >= 11 is 0. The van der Waals surface area contributed by atoms with E-state index in [0.29, 0.717) is 5.92 Å². The van der Waals surface area contributed by atoms with Crippen LogP contribution in [0.4, 0.5) is 5.82 Å². The number of hydrogen-bond donors (Lipinski definition) is 0. The van der Waals surface area contributed by atoms with E-state index in [4.69, 9.17) is 4.98 Å². The molecule has 0 radical (unpaired) electrons. The van der Waals surface area contributed by atoms with E-state index in [9.17, 15) is 0 Å². The fourth-order valence-electron chi connectivity index (χ4n) is 3.43. The first-order chi connectivity index (χ1) is 11.7. The second-order valence-electron chi connectivity index (χ2n) is 6.90. The summed E-state index contributed by atoms with van der Waals surface area (Å²) < 4.78 is 2.03. The highest BCUT2D eigenvalue weighted by Crippen LogP contribution is 2.29. The van der Waals surface area contributed by atoms with Crippen LogP contribution in [0.2, 0.25) is 0 Å². The van der Waals surface area contributed by atoms with Gasteiger partial charge in [-0.2, -0.15) is 9.61 Å². The number of benzene rings is 1. The number of piperidine rings is 1. The molecule has 0 aliphatic carbocycles. The molecule has 24 heavy (non-hydrogen) atoms.